The number of hydrogen-bond donors (Lipinski definition) is 1. The van der Waals surface area contributed by atoms with Crippen LogP contribution in [0, 0.1) is 11.6 Å². The molecule has 0 bridgehead atoms. The van der Waals surface area contributed by atoms with Gasteiger partial charge < -0.3 is 14.8 Å². The van der Waals surface area contributed by atoms with E-state index in [-0.39, 0.29) is 18.2 Å². The van der Waals surface area contributed by atoms with Gasteiger partial charge >= 0.3 is 0 Å². The summed E-state index contributed by atoms with van der Waals surface area (Å²) in [5.41, 5.74) is 1.60. The Bertz CT molecular complexity index is 807. The number of rotatable bonds is 5. The van der Waals surface area contributed by atoms with E-state index in [4.69, 9.17) is 9.47 Å². The maximum Gasteiger partial charge on any atom is 0.254 e. The van der Waals surface area contributed by atoms with E-state index < -0.39 is 17.5 Å². The number of halogens is 2. The number of hydrogen-bond acceptors (Lipinski definition) is 3. The molecule has 1 aliphatic rings. The Balaban J connectivity index is 1.78. The summed E-state index contributed by atoms with van der Waals surface area (Å²) in [4.78, 5) is 12.2. The molecular formula is C19H19F2NO3. The average molecular weight is 347 g/mol. The van der Waals surface area contributed by atoms with Crippen LogP contribution in [0.1, 0.15) is 35.3 Å². The van der Waals surface area contributed by atoms with E-state index in [9.17, 15) is 13.6 Å². The van der Waals surface area contributed by atoms with Gasteiger partial charge in [0.25, 0.3) is 5.91 Å². The van der Waals surface area contributed by atoms with Gasteiger partial charge in [0.15, 0.2) is 0 Å². The van der Waals surface area contributed by atoms with Gasteiger partial charge in [-0.25, -0.2) is 8.78 Å². The lowest BCUT2D eigenvalue weighted by Crippen LogP contribution is -2.24. The highest BCUT2D eigenvalue weighted by molar-refractivity contribution is 5.94. The van der Waals surface area contributed by atoms with E-state index in [0.29, 0.717) is 18.4 Å². The standard InChI is InChI=1S/C19H19F2NO3/c1-3-24-17-7-12-6-11(2)25-18(12)8-13(17)10-22-19(23)15-5-4-14(20)9-16(15)21/h4-5,7-9,11H,3,6,10H2,1-2H3,(H,22,23). The van der Waals surface area contributed by atoms with Crippen molar-refractivity contribution in [2.45, 2.75) is 32.9 Å². The van der Waals surface area contributed by atoms with Crippen LogP contribution in [0.25, 0.3) is 0 Å². The van der Waals surface area contributed by atoms with Crippen molar-refractivity contribution in [1.82, 2.24) is 5.32 Å². The molecule has 132 valence electrons. The summed E-state index contributed by atoms with van der Waals surface area (Å²) >= 11 is 0. The molecule has 2 aromatic rings. The minimum atomic E-state index is -0.895. The van der Waals surface area contributed by atoms with Gasteiger partial charge in [-0.2, -0.15) is 0 Å². The Labute approximate surface area is 144 Å². The van der Waals surface area contributed by atoms with Gasteiger partial charge in [0.2, 0.25) is 0 Å². The molecular weight excluding hydrogens is 328 g/mol. The minimum Gasteiger partial charge on any atom is -0.494 e. The predicted molar refractivity (Wildman–Crippen MR) is 88.9 cm³/mol. The summed E-state index contributed by atoms with van der Waals surface area (Å²) in [7, 11) is 0. The second kappa shape index (κ2) is 7.09. The van der Waals surface area contributed by atoms with Crippen molar-refractivity contribution in [3.05, 3.63) is 58.7 Å². The molecule has 2 aromatic carbocycles. The number of benzene rings is 2. The lowest BCUT2D eigenvalue weighted by Gasteiger charge is -2.13. The van der Waals surface area contributed by atoms with E-state index in [2.05, 4.69) is 5.32 Å². The summed E-state index contributed by atoms with van der Waals surface area (Å²) < 4.78 is 38.0. The summed E-state index contributed by atoms with van der Waals surface area (Å²) in [6.45, 7) is 4.50. The fourth-order valence-electron chi connectivity index (χ4n) is 2.85. The Kier molecular flexibility index (Phi) is 4.88. The van der Waals surface area contributed by atoms with Crippen LogP contribution in [0.4, 0.5) is 8.78 Å². The Hall–Kier alpha value is -2.63. The number of carbonyl (C=O) groups excluding carboxylic acids is 1. The third kappa shape index (κ3) is 3.73. The molecule has 0 aliphatic carbocycles. The van der Waals surface area contributed by atoms with Crippen LogP contribution in [-0.2, 0) is 13.0 Å². The number of carbonyl (C=O) groups is 1. The second-order valence-corrected chi connectivity index (χ2v) is 5.94. The van der Waals surface area contributed by atoms with Crippen LogP contribution in [0.5, 0.6) is 11.5 Å². The van der Waals surface area contributed by atoms with Crippen LogP contribution >= 0.6 is 0 Å². The second-order valence-electron chi connectivity index (χ2n) is 5.94. The maximum absolute atomic E-state index is 13.7. The van der Waals surface area contributed by atoms with E-state index in [0.717, 1.165) is 35.4 Å². The highest BCUT2D eigenvalue weighted by Crippen LogP contribution is 2.35. The van der Waals surface area contributed by atoms with Gasteiger partial charge in [-0.05, 0) is 38.1 Å². The van der Waals surface area contributed by atoms with Gasteiger partial charge in [-0.3, -0.25) is 4.79 Å². The lowest BCUT2D eigenvalue weighted by molar-refractivity contribution is 0.0946. The minimum absolute atomic E-state index is 0.0997. The molecule has 1 heterocycles. The number of fused-ring (bicyclic) bond motifs is 1. The molecule has 1 amide bonds. The van der Waals surface area contributed by atoms with Crippen LogP contribution in [0.2, 0.25) is 0 Å². The molecule has 0 saturated carbocycles. The van der Waals surface area contributed by atoms with E-state index in [1.807, 2.05) is 26.0 Å². The summed E-state index contributed by atoms with van der Waals surface area (Å²) in [5.74, 6) is -0.798. The maximum atomic E-state index is 13.7. The lowest BCUT2D eigenvalue weighted by atomic mass is 10.1. The SMILES string of the molecule is CCOc1cc2c(cc1CNC(=O)c1ccc(F)cc1F)OC(C)C2. The van der Waals surface area contributed by atoms with Crippen molar-refractivity contribution < 1.29 is 23.0 Å². The van der Waals surface area contributed by atoms with Crippen molar-refractivity contribution in [1.29, 1.82) is 0 Å². The molecule has 1 N–H and O–H groups in total. The van der Waals surface area contributed by atoms with E-state index in [1.165, 1.54) is 0 Å². The Morgan fingerprint density at radius 2 is 2.12 bits per heavy atom. The third-order valence-electron chi connectivity index (χ3n) is 3.99. The Morgan fingerprint density at radius 1 is 1.32 bits per heavy atom. The first-order chi connectivity index (χ1) is 12.0. The van der Waals surface area contributed by atoms with Crippen molar-refractivity contribution >= 4 is 5.91 Å². The summed E-state index contributed by atoms with van der Waals surface area (Å²) in [5, 5.41) is 2.64. The fourth-order valence-corrected chi connectivity index (χ4v) is 2.85. The van der Waals surface area contributed by atoms with Crippen LogP contribution in [0.3, 0.4) is 0 Å². The fraction of sp³-hybridized carbons (Fsp3) is 0.316. The summed E-state index contributed by atoms with van der Waals surface area (Å²) in [6.07, 6.45) is 0.908. The smallest absolute Gasteiger partial charge is 0.254 e. The molecule has 6 heteroatoms. The van der Waals surface area contributed by atoms with Gasteiger partial charge in [0, 0.05) is 30.2 Å². The highest BCUT2D eigenvalue weighted by atomic mass is 19.1. The average Bonchev–Trinajstić information content (AvgIpc) is 2.91. The normalized spacial score (nSPS) is 15.4. The third-order valence-corrected chi connectivity index (χ3v) is 3.99. The van der Waals surface area contributed by atoms with E-state index >= 15 is 0 Å². The van der Waals surface area contributed by atoms with Crippen LogP contribution < -0.4 is 14.8 Å². The zero-order chi connectivity index (χ0) is 18.0. The molecule has 1 unspecified atom stereocenters. The van der Waals surface area contributed by atoms with Gasteiger partial charge in [0.1, 0.15) is 29.2 Å². The molecule has 0 spiro atoms. The number of nitrogens with one attached hydrogen (secondary N) is 1. The van der Waals surface area contributed by atoms with Crippen molar-refractivity contribution in [3.8, 4) is 11.5 Å². The Morgan fingerprint density at radius 3 is 2.84 bits per heavy atom. The largest absolute Gasteiger partial charge is 0.494 e. The molecule has 0 fully saturated rings. The van der Waals surface area contributed by atoms with Crippen LogP contribution in [0.15, 0.2) is 30.3 Å². The molecule has 25 heavy (non-hydrogen) atoms. The summed E-state index contributed by atoms with van der Waals surface area (Å²) in [6, 6.07) is 6.61. The monoisotopic (exact) mass is 347 g/mol. The van der Waals surface area contributed by atoms with Gasteiger partial charge in [0.05, 0.1) is 12.2 Å². The number of ether oxygens (including phenoxy) is 2. The molecule has 1 aliphatic heterocycles. The van der Waals surface area contributed by atoms with E-state index in [1.54, 1.807) is 0 Å². The van der Waals surface area contributed by atoms with Crippen LogP contribution in [-0.4, -0.2) is 18.6 Å². The first-order valence-corrected chi connectivity index (χ1v) is 8.16. The molecule has 4 nitrogen and oxygen atoms in total. The van der Waals surface area contributed by atoms with Crippen molar-refractivity contribution in [2.24, 2.45) is 0 Å². The first kappa shape index (κ1) is 17.2. The molecule has 1 atom stereocenters. The topological polar surface area (TPSA) is 47.6 Å². The number of amides is 1. The van der Waals surface area contributed by atoms with Gasteiger partial charge in [-0.15, -0.1) is 0 Å². The highest BCUT2D eigenvalue weighted by Gasteiger charge is 2.22. The quantitative estimate of drug-likeness (QED) is 0.899. The van der Waals surface area contributed by atoms with Gasteiger partial charge in [-0.1, -0.05) is 0 Å². The molecule has 0 radical (unpaired) electrons. The molecule has 0 saturated heterocycles. The predicted octanol–water partition coefficient (Wildman–Crippen LogP) is 3.62. The van der Waals surface area contributed by atoms with Crippen molar-refractivity contribution in [3.63, 3.8) is 0 Å². The molecule has 3 rings (SSSR count). The first-order valence-electron chi connectivity index (χ1n) is 8.16. The zero-order valence-electron chi connectivity index (χ0n) is 14.1. The zero-order valence-corrected chi connectivity index (χ0v) is 14.1. The molecule has 0 aromatic heterocycles. The van der Waals surface area contributed by atoms with Crippen molar-refractivity contribution in [2.75, 3.05) is 6.61 Å².